The minimum Gasteiger partial charge on any atom is -0.508 e. The van der Waals surface area contributed by atoms with E-state index in [4.69, 9.17) is 0 Å². The van der Waals surface area contributed by atoms with Gasteiger partial charge in [-0.15, -0.1) is 0 Å². The van der Waals surface area contributed by atoms with E-state index in [1.165, 1.54) is 24.3 Å². The van der Waals surface area contributed by atoms with Crippen LogP contribution >= 0.6 is 0 Å². The van der Waals surface area contributed by atoms with Gasteiger partial charge in [-0.2, -0.15) is 13.2 Å². The predicted molar refractivity (Wildman–Crippen MR) is 66.8 cm³/mol. The molecule has 2 aromatic rings. The molecular formula is C14H11F4NO. The van der Waals surface area contributed by atoms with Crippen LogP contribution in [-0.2, 0) is 12.7 Å². The summed E-state index contributed by atoms with van der Waals surface area (Å²) in [5.74, 6) is -0.920. The number of rotatable bonds is 3. The van der Waals surface area contributed by atoms with E-state index >= 15 is 0 Å². The summed E-state index contributed by atoms with van der Waals surface area (Å²) >= 11 is 0. The fraction of sp³-hybridized carbons (Fsp3) is 0.143. The molecule has 0 atom stereocenters. The monoisotopic (exact) mass is 285 g/mol. The lowest BCUT2D eigenvalue weighted by atomic mass is 10.1. The highest BCUT2D eigenvalue weighted by molar-refractivity contribution is 5.53. The third-order valence-electron chi connectivity index (χ3n) is 2.66. The van der Waals surface area contributed by atoms with E-state index in [9.17, 15) is 22.7 Å². The van der Waals surface area contributed by atoms with Gasteiger partial charge in [0.15, 0.2) is 0 Å². The van der Waals surface area contributed by atoms with Crippen LogP contribution < -0.4 is 5.32 Å². The van der Waals surface area contributed by atoms with E-state index in [1.807, 2.05) is 0 Å². The molecule has 6 heteroatoms. The van der Waals surface area contributed by atoms with Crippen LogP contribution in [0, 0.1) is 5.82 Å². The van der Waals surface area contributed by atoms with E-state index in [2.05, 4.69) is 5.32 Å². The number of phenols is 1. The maximum Gasteiger partial charge on any atom is 0.418 e. The number of benzene rings is 2. The number of phenolic OH excluding ortho intramolecular Hbond substituents is 1. The minimum atomic E-state index is -4.46. The first-order valence-electron chi connectivity index (χ1n) is 5.75. The van der Waals surface area contributed by atoms with Crippen molar-refractivity contribution < 1.29 is 22.7 Å². The van der Waals surface area contributed by atoms with Gasteiger partial charge >= 0.3 is 6.18 Å². The Bertz CT molecular complexity index is 590. The van der Waals surface area contributed by atoms with Crippen LogP contribution in [-0.4, -0.2) is 5.11 Å². The molecule has 2 N–H and O–H groups in total. The Morgan fingerprint density at radius 1 is 1.05 bits per heavy atom. The van der Waals surface area contributed by atoms with Gasteiger partial charge in [-0.1, -0.05) is 12.1 Å². The van der Waals surface area contributed by atoms with Crippen molar-refractivity contribution in [1.29, 1.82) is 0 Å². The predicted octanol–water partition coefficient (Wildman–Crippen LogP) is 4.16. The van der Waals surface area contributed by atoms with Gasteiger partial charge in [0.25, 0.3) is 0 Å². The number of hydrogen-bond acceptors (Lipinski definition) is 2. The summed E-state index contributed by atoms with van der Waals surface area (Å²) in [4.78, 5) is 0. The second-order valence-corrected chi connectivity index (χ2v) is 4.21. The van der Waals surface area contributed by atoms with Crippen molar-refractivity contribution in [2.75, 3.05) is 5.32 Å². The molecule has 0 aliphatic carbocycles. The number of anilines is 1. The van der Waals surface area contributed by atoms with Gasteiger partial charge in [0.05, 0.1) is 5.56 Å². The van der Waals surface area contributed by atoms with Crippen LogP contribution in [0.25, 0.3) is 0 Å². The fourth-order valence-corrected chi connectivity index (χ4v) is 1.82. The van der Waals surface area contributed by atoms with Crippen molar-refractivity contribution in [1.82, 2.24) is 0 Å². The smallest absolute Gasteiger partial charge is 0.418 e. The summed E-state index contributed by atoms with van der Waals surface area (Å²) in [7, 11) is 0. The van der Waals surface area contributed by atoms with Crippen molar-refractivity contribution in [3.8, 4) is 5.75 Å². The Kier molecular flexibility index (Phi) is 3.83. The van der Waals surface area contributed by atoms with Crippen LogP contribution in [0.1, 0.15) is 11.1 Å². The quantitative estimate of drug-likeness (QED) is 0.830. The molecule has 2 aromatic carbocycles. The van der Waals surface area contributed by atoms with Gasteiger partial charge in [0.2, 0.25) is 0 Å². The molecule has 2 nitrogen and oxygen atoms in total. The minimum absolute atomic E-state index is 0.0294. The van der Waals surface area contributed by atoms with Crippen LogP contribution in [0.3, 0.4) is 0 Å². The highest BCUT2D eigenvalue weighted by Gasteiger charge is 2.32. The molecule has 0 amide bonds. The van der Waals surface area contributed by atoms with E-state index < -0.39 is 17.6 Å². The lowest BCUT2D eigenvalue weighted by Gasteiger charge is -2.14. The van der Waals surface area contributed by atoms with Crippen molar-refractivity contribution in [2.24, 2.45) is 0 Å². The van der Waals surface area contributed by atoms with Crippen LogP contribution in [0.5, 0.6) is 5.75 Å². The maximum atomic E-state index is 13.1. The zero-order chi connectivity index (χ0) is 14.8. The molecule has 0 saturated carbocycles. The van der Waals surface area contributed by atoms with Gasteiger partial charge in [-0.3, -0.25) is 0 Å². The summed E-state index contributed by atoms with van der Waals surface area (Å²) < 4.78 is 51.3. The third kappa shape index (κ3) is 3.40. The molecule has 0 aliphatic heterocycles. The summed E-state index contributed by atoms with van der Waals surface area (Å²) in [5, 5.41) is 11.8. The Balaban J connectivity index is 2.19. The molecule has 0 bridgehead atoms. The second kappa shape index (κ2) is 5.40. The molecule has 0 heterocycles. The first kappa shape index (κ1) is 14.2. The fourth-order valence-electron chi connectivity index (χ4n) is 1.82. The molecule has 20 heavy (non-hydrogen) atoms. The number of alkyl halides is 3. The van der Waals surface area contributed by atoms with Crippen LogP contribution in [0.15, 0.2) is 42.5 Å². The van der Waals surface area contributed by atoms with Crippen molar-refractivity contribution in [3.63, 3.8) is 0 Å². The summed E-state index contributed by atoms with van der Waals surface area (Å²) in [6.45, 7) is -0.0294. The summed E-state index contributed by atoms with van der Waals surface area (Å²) in [6.07, 6.45) is -4.46. The number of nitrogens with one attached hydrogen (secondary N) is 1. The molecule has 0 unspecified atom stereocenters. The zero-order valence-corrected chi connectivity index (χ0v) is 10.2. The average Bonchev–Trinajstić information content (AvgIpc) is 2.34. The first-order valence-corrected chi connectivity index (χ1v) is 5.75. The zero-order valence-electron chi connectivity index (χ0n) is 10.2. The van der Waals surface area contributed by atoms with Gasteiger partial charge in [0, 0.05) is 18.3 Å². The normalized spacial score (nSPS) is 11.4. The van der Waals surface area contributed by atoms with E-state index in [0.29, 0.717) is 5.56 Å². The van der Waals surface area contributed by atoms with Crippen molar-refractivity contribution in [2.45, 2.75) is 12.7 Å². The molecule has 0 aromatic heterocycles. The maximum absolute atomic E-state index is 13.1. The molecule has 0 spiro atoms. The molecule has 0 saturated heterocycles. The Hall–Kier alpha value is -2.24. The van der Waals surface area contributed by atoms with Crippen LogP contribution in [0.4, 0.5) is 23.2 Å². The number of para-hydroxylation sites is 1. The van der Waals surface area contributed by atoms with Gasteiger partial charge in [-0.25, -0.2) is 4.39 Å². The Labute approximate surface area is 112 Å². The van der Waals surface area contributed by atoms with E-state index in [0.717, 1.165) is 18.2 Å². The molecule has 0 radical (unpaired) electrons. The SMILES string of the molecule is Oc1cc(F)cc(CNc2ccccc2C(F)(F)F)c1. The molecular weight excluding hydrogens is 274 g/mol. The molecule has 106 valence electrons. The van der Waals surface area contributed by atoms with Crippen molar-refractivity contribution in [3.05, 3.63) is 59.4 Å². The topological polar surface area (TPSA) is 32.3 Å². The number of halogens is 4. The third-order valence-corrected chi connectivity index (χ3v) is 2.66. The molecule has 2 rings (SSSR count). The van der Waals surface area contributed by atoms with E-state index in [1.54, 1.807) is 0 Å². The van der Waals surface area contributed by atoms with Crippen molar-refractivity contribution >= 4 is 5.69 Å². The summed E-state index contributed by atoms with van der Waals surface area (Å²) in [6, 6.07) is 8.37. The Morgan fingerprint density at radius 3 is 2.40 bits per heavy atom. The lowest BCUT2D eigenvalue weighted by Crippen LogP contribution is -2.10. The molecule has 0 aliphatic rings. The number of aromatic hydroxyl groups is 1. The highest BCUT2D eigenvalue weighted by atomic mass is 19.4. The number of hydrogen-bond donors (Lipinski definition) is 2. The van der Waals surface area contributed by atoms with Crippen LogP contribution in [0.2, 0.25) is 0 Å². The van der Waals surface area contributed by atoms with Gasteiger partial charge < -0.3 is 10.4 Å². The lowest BCUT2D eigenvalue weighted by molar-refractivity contribution is -0.137. The molecule has 0 fully saturated rings. The standard InChI is InChI=1S/C14H11F4NO/c15-10-5-9(6-11(20)7-10)8-19-13-4-2-1-3-12(13)14(16,17)18/h1-7,19-20H,8H2. The van der Waals surface area contributed by atoms with E-state index in [-0.39, 0.29) is 18.0 Å². The largest absolute Gasteiger partial charge is 0.508 e. The first-order chi connectivity index (χ1) is 9.36. The average molecular weight is 285 g/mol. The Morgan fingerprint density at radius 2 is 1.75 bits per heavy atom. The second-order valence-electron chi connectivity index (χ2n) is 4.21. The van der Waals surface area contributed by atoms with Gasteiger partial charge in [0.1, 0.15) is 11.6 Å². The van der Waals surface area contributed by atoms with Gasteiger partial charge in [-0.05, 0) is 29.8 Å². The highest BCUT2D eigenvalue weighted by Crippen LogP contribution is 2.34. The summed E-state index contributed by atoms with van der Waals surface area (Å²) in [5.41, 5.74) is -0.538.